The zero-order valence-electron chi connectivity index (χ0n) is 9.59. The van der Waals surface area contributed by atoms with Crippen LogP contribution in [0.3, 0.4) is 0 Å². The van der Waals surface area contributed by atoms with Crippen molar-refractivity contribution in [3.8, 4) is 11.8 Å². The third kappa shape index (κ3) is 2.50. The maximum atomic E-state index is 9.35. The zero-order chi connectivity index (χ0) is 10.8. The van der Waals surface area contributed by atoms with Crippen LogP contribution in [0.15, 0.2) is 0 Å². The fourth-order valence-electron chi connectivity index (χ4n) is 1.84. The van der Waals surface area contributed by atoms with E-state index in [2.05, 4.69) is 37.9 Å². The molecule has 1 aliphatic rings. The van der Waals surface area contributed by atoms with Gasteiger partial charge in [-0.3, -0.25) is 5.32 Å². The first-order valence-corrected chi connectivity index (χ1v) is 5.39. The smallest absolute Gasteiger partial charge is 0.0852 e. The van der Waals surface area contributed by atoms with E-state index in [-0.39, 0.29) is 11.6 Å². The van der Waals surface area contributed by atoms with Crippen molar-refractivity contribution in [2.24, 2.45) is 5.92 Å². The van der Waals surface area contributed by atoms with Gasteiger partial charge in [-0.25, -0.2) is 0 Å². The van der Waals surface area contributed by atoms with Crippen LogP contribution >= 0.6 is 0 Å². The molecular formula is C12H21NO. The van der Waals surface area contributed by atoms with Gasteiger partial charge in [0.25, 0.3) is 0 Å². The molecule has 0 amide bonds. The van der Waals surface area contributed by atoms with Gasteiger partial charge < -0.3 is 5.11 Å². The van der Waals surface area contributed by atoms with Crippen molar-refractivity contribution < 1.29 is 5.11 Å². The van der Waals surface area contributed by atoms with Gasteiger partial charge in [-0.05, 0) is 19.8 Å². The van der Waals surface area contributed by atoms with Gasteiger partial charge in [0, 0.05) is 18.9 Å². The van der Waals surface area contributed by atoms with Gasteiger partial charge in [-0.1, -0.05) is 19.8 Å². The fourth-order valence-corrected chi connectivity index (χ4v) is 1.84. The first-order valence-electron chi connectivity index (χ1n) is 5.39. The molecule has 1 unspecified atom stereocenters. The lowest BCUT2D eigenvalue weighted by molar-refractivity contribution is 0.0240. The summed E-state index contributed by atoms with van der Waals surface area (Å²) in [6.45, 7) is 8.42. The van der Waals surface area contributed by atoms with Crippen LogP contribution in [-0.2, 0) is 0 Å². The van der Waals surface area contributed by atoms with Crippen molar-refractivity contribution in [1.82, 2.24) is 5.32 Å². The Morgan fingerprint density at radius 2 is 1.93 bits per heavy atom. The SMILES string of the molecule is CC#CC1(NC(C)C(C)C)CC(O)C1. The monoisotopic (exact) mass is 195 g/mol. The van der Waals surface area contributed by atoms with Gasteiger partial charge >= 0.3 is 0 Å². The van der Waals surface area contributed by atoms with Gasteiger partial charge in [0.2, 0.25) is 0 Å². The maximum absolute atomic E-state index is 9.35. The van der Waals surface area contributed by atoms with Crippen molar-refractivity contribution in [2.45, 2.75) is 58.2 Å². The molecule has 1 aliphatic carbocycles. The molecule has 0 aliphatic heterocycles. The number of hydrogen-bond donors (Lipinski definition) is 2. The molecule has 0 aromatic heterocycles. The molecule has 2 heteroatoms. The average molecular weight is 195 g/mol. The summed E-state index contributed by atoms with van der Waals surface area (Å²) < 4.78 is 0. The topological polar surface area (TPSA) is 32.3 Å². The molecular weight excluding hydrogens is 174 g/mol. The third-order valence-electron chi connectivity index (χ3n) is 3.04. The van der Waals surface area contributed by atoms with E-state index in [4.69, 9.17) is 0 Å². The summed E-state index contributed by atoms with van der Waals surface area (Å²) in [7, 11) is 0. The van der Waals surface area contributed by atoms with E-state index in [1.807, 2.05) is 6.92 Å². The molecule has 14 heavy (non-hydrogen) atoms. The molecule has 0 bridgehead atoms. The van der Waals surface area contributed by atoms with Gasteiger partial charge in [-0.2, -0.15) is 0 Å². The molecule has 0 radical (unpaired) electrons. The van der Waals surface area contributed by atoms with Gasteiger partial charge in [-0.15, -0.1) is 5.92 Å². The molecule has 0 saturated heterocycles. The van der Waals surface area contributed by atoms with Crippen LogP contribution in [0.4, 0.5) is 0 Å². The Balaban J connectivity index is 2.57. The fraction of sp³-hybridized carbons (Fsp3) is 0.833. The maximum Gasteiger partial charge on any atom is 0.0852 e. The summed E-state index contributed by atoms with van der Waals surface area (Å²) in [5, 5.41) is 12.9. The van der Waals surface area contributed by atoms with Crippen LogP contribution in [0.25, 0.3) is 0 Å². The van der Waals surface area contributed by atoms with E-state index in [9.17, 15) is 5.11 Å². The first-order chi connectivity index (χ1) is 6.49. The minimum absolute atomic E-state index is 0.113. The second-order valence-electron chi connectivity index (χ2n) is 4.70. The largest absolute Gasteiger partial charge is 0.393 e. The molecule has 2 nitrogen and oxygen atoms in total. The minimum atomic E-state index is -0.164. The number of aliphatic hydroxyl groups is 1. The summed E-state index contributed by atoms with van der Waals surface area (Å²) in [5.74, 6) is 6.74. The summed E-state index contributed by atoms with van der Waals surface area (Å²) in [4.78, 5) is 0. The van der Waals surface area contributed by atoms with E-state index in [0.717, 1.165) is 12.8 Å². The Bertz CT molecular complexity index is 243. The molecule has 1 atom stereocenters. The zero-order valence-corrected chi connectivity index (χ0v) is 9.59. The number of rotatable bonds is 3. The summed E-state index contributed by atoms with van der Waals surface area (Å²) >= 11 is 0. The summed E-state index contributed by atoms with van der Waals surface area (Å²) in [5.41, 5.74) is -0.113. The van der Waals surface area contributed by atoms with Crippen molar-refractivity contribution in [2.75, 3.05) is 0 Å². The highest BCUT2D eigenvalue weighted by Gasteiger charge is 2.43. The quantitative estimate of drug-likeness (QED) is 0.669. The highest BCUT2D eigenvalue weighted by Crippen LogP contribution is 2.32. The molecule has 2 N–H and O–H groups in total. The Labute approximate surface area is 87.1 Å². The molecule has 1 saturated carbocycles. The molecule has 0 aromatic carbocycles. The molecule has 1 rings (SSSR count). The van der Waals surface area contributed by atoms with Crippen LogP contribution in [0.5, 0.6) is 0 Å². The minimum Gasteiger partial charge on any atom is -0.393 e. The third-order valence-corrected chi connectivity index (χ3v) is 3.04. The molecule has 80 valence electrons. The van der Waals surface area contributed by atoms with Crippen LogP contribution < -0.4 is 5.32 Å². The molecule has 0 aromatic rings. The lowest BCUT2D eigenvalue weighted by Gasteiger charge is -2.44. The van der Waals surface area contributed by atoms with Crippen LogP contribution in [0.2, 0.25) is 0 Å². The Morgan fingerprint density at radius 3 is 2.29 bits per heavy atom. The molecule has 1 fully saturated rings. The predicted molar refractivity (Wildman–Crippen MR) is 58.9 cm³/mol. The Morgan fingerprint density at radius 1 is 1.36 bits per heavy atom. The van der Waals surface area contributed by atoms with Crippen LogP contribution in [-0.4, -0.2) is 22.8 Å². The van der Waals surface area contributed by atoms with Crippen LogP contribution in [0, 0.1) is 17.8 Å². The van der Waals surface area contributed by atoms with E-state index < -0.39 is 0 Å². The second kappa shape index (κ2) is 4.33. The summed E-state index contributed by atoms with van der Waals surface area (Å²) in [6, 6.07) is 0.448. The van der Waals surface area contributed by atoms with Gasteiger partial charge in [0.05, 0.1) is 11.6 Å². The highest BCUT2D eigenvalue weighted by molar-refractivity contribution is 5.23. The van der Waals surface area contributed by atoms with Gasteiger partial charge in [0.1, 0.15) is 0 Å². The standard InChI is InChI=1S/C12H21NO/c1-5-6-12(7-11(14)8-12)13-10(4)9(2)3/h9-11,13-14H,7-8H2,1-4H3. The predicted octanol–water partition coefficient (Wildman–Crippen LogP) is 1.54. The molecule has 0 spiro atoms. The number of hydrogen-bond acceptors (Lipinski definition) is 2. The highest BCUT2D eigenvalue weighted by atomic mass is 16.3. The van der Waals surface area contributed by atoms with Crippen LogP contribution in [0.1, 0.15) is 40.5 Å². The van der Waals surface area contributed by atoms with Crippen molar-refractivity contribution in [3.63, 3.8) is 0 Å². The van der Waals surface area contributed by atoms with E-state index in [0.29, 0.717) is 12.0 Å². The van der Waals surface area contributed by atoms with Gasteiger partial charge in [0.15, 0.2) is 0 Å². The van der Waals surface area contributed by atoms with E-state index >= 15 is 0 Å². The van der Waals surface area contributed by atoms with Crippen molar-refractivity contribution in [3.05, 3.63) is 0 Å². The van der Waals surface area contributed by atoms with Crippen molar-refractivity contribution in [1.29, 1.82) is 0 Å². The Kier molecular flexibility index (Phi) is 3.58. The van der Waals surface area contributed by atoms with E-state index in [1.165, 1.54) is 0 Å². The lowest BCUT2D eigenvalue weighted by Crippen LogP contribution is -2.60. The summed E-state index contributed by atoms with van der Waals surface area (Å²) in [6.07, 6.45) is 1.37. The Hall–Kier alpha value is -0.520. The second-order valence-corrected chi connectivity index (χ2v) is 4.70. The normalized spacial score (nSPS) is 33.1. The number of aliphatic hydroxyl groups excluding tert-OH is 1. The van der Waals surface area contributed by atoms with E-state index in [1.54, 1.807) is 0 Å². The number of nitrogens with one attached hydrogen (secondary N) is 1. The molecule has 0 heterocycles. The lowest BCUT2D eigenvalue weighted by atomic mass is 9.74. The average Bonchev–Trinajstić information content (AvgIpc) is 2.01. The first kappa shape index (κ1) is 11.6. The van der Waals surface area contributed by atoms with Crippen molar-refractivity contribution >= 4 is 0 Å².